The molecule has 0 aromatic heterocycles. The van der Waals surface area contributed by atoms with E-state index in [9.17, 15) is 9.59 Å². The minimum absolute atomic E-state index is 0.131. The van der Waals surface area contributed by atoms with Gasteiger partial charge in [0.15, 0.2) is 0 Å². The van der Waals surface area contributed by atoms with Gasteiger partial charge in [-0.05, 0) is 49.6 Å². The smallest absolute Gasteiger partial charge is 0.286 e. The zero-order valence-electron chi connectivity index (χ0n) is 15.8. The Bertz CT molecular complexity index is 951. The number of hydrogen-bond donors (Lipinski definition) is 2. The molecule has 0 radical (unpaired) electrons. The average molecular weight is 394 g/mol. The van der Waals surface area contributed by atoms with Gasteiger partial charge in [-0.25, -0.2) is 0 Å². The highest BCUT2D eigenvalue weighted by atomic mass is 32.2. The van der Waals surface area contributed by atoms with Crippen molar-refractivity contribution in [1.82, 2.24) is 5.32 Å². The van der Waals surface area contributed by atoms with Gasteiger partial charge in [0, 0.05) is 11.3 Å². The molecule has 6 heteroatoms. The second-order valence-electron chi connectivity index (χ2n) is 7.58. The Morgan fingerprint density at radius 3 is 2.54 bits per heavy atom. The van der Waals surface area contributed by atoms with Crippen molar-refractivity contribution in [3.8, 4) is 5.75 Å². The van der Waals surface area contributed by atoms with Gasteiger partial charge in [0.2, 0.25) is 5.91 Å². The van der Waals surface area contributed by atoms with E-state index in [0.717, 1.165) is 39.9 Å². The van der Waals surface area contributed by atoms with Gasteiger partial charge in [0.25, 0.3) is 5.24 Å². The van der Waals surface area contributed by atoms with Gasteiger partial charge in [-0.15, -0.1) is 0 Å². The molecule has 2 aliphatic heterocycles. The summed E-state index contributed by atoms with van der Waals surface area (Å²) in [5, 5.41) is 5.22. The number of benzene rings is 2. The summed E-state index contributed by atoms with van der Waals surface area (Å²) in [7, 11) is 0. The first-order valence-corrected chi connectivity index (χ1v) is 10.1. The molecule has 1 fully saturated rings. The largest absolute Gasteiger partial charge is 0.489 e. The first-order valence-electron chi connectivity index (χ1n) is 9.22. The van der Waals surface area contributed by atoms with Gasteiger partial charge in [-0.1, -0.05) is 48.2 Å². The van der Waals surface area contributed by atoms with Crippen LogP contribution in [0.1, 0.15) is 25.0 Å². The van der Waals surface area contributed by atoms with E-state index in [2.05, 4.69) is 42.7 Å². The van der Waals surface area contributed by atoms with Crippen LogP contribution in [-0.2, 0) is 11.2 Å². The maximum atomic E-state index is 11.7. The number of imide groups is 1. The predicted molar refractivity (Wildman–Crippen MR) is 113 cm³/mol. The summed E-state index contributed by atoms with van der Waals surface area (Å²) in [4.78, 5) is 23.0. The number of carbonyl (C=O) groups is 2. The molecule has 2 N–H and O–H groups in total. The molecule has 2 aliphatic rings. The number of ether oxygens (including phenoxy) is 1. The third-order valence-corrected chi connectivity index (χ3v) is 5.75. The summed E-state index contributed by atoms with van der Waals surface area (Å²) in [6.45, 7) is 4.76. The SMILES string of the molecule is CC1(C)C=C(COc2ccc(CC3SC(=O)NC3=O)cc2)c2ccccc2N1. The molecule has 2 amide bonds. The molecule has 144 valence electrons. The van der Waals surface area contributed by atoms with Crippen LogP contribution in [0.4, 0.5) is 10.5 Å². The third-order valence-electron chi connectivity index (χ3n) is 4.77. The van der Waals surface area contributed by atoms with Crippen molar-refractivity contribution in [1.29, 1.82) is 0 Å². The van der Waals surface area contributed by atoms with Crippen LogP contribution in [0.15, 0.2) is 54.6 Å². The zero-order valence-corrected chi connectivity index (χ0v) is 16.6. The number of fused-ring (bicyclic) bond motifs is 1. The molecule has 2 aromatic rings. The highest BCUT2D eigenvalue weighted by molar-refractivity contribution is 8.15. The highest BCUT2D eigenvalue weighted by Crippen LogP contribution is 2.34. The van der Waals surface area contributed by atoms with Crippen LogP contribution in [0.5, 0.6) is 5.75 Å². The maximum absolute atomic E-state index is 11.7. The zero-order chi connectivity index (χ0) is 19.7. The van der Waals surface area contributed by atoms with E-state index in [1.807, 2.05) is 36.4 Å². The minimum atomic E-state index is -0.349. The molecule has 1 saturated heterocycles. The monoisotopic (exact) mass is 394 g/mol. The van der Waals surface area contributed by atoms with Crippen LogP contribution in [0.3, 0.4) is 0 Å². The van der Waals surface area contributed by atoms with E-state index in [1.165, 1.54) is 0 Å². The lowest BCUT2D eigenvalue weighted by molar-refractivity contribution is -0.118. The van der Waals surface area contributed by atoms with Gasteiger partial charge < -0.3 is 10.1 Å². The van der Waals surface area contributed by atoms with Crippen LogP contribution >= 0.6 is 11.8 Å². The Morgan fingerprint density at radius 2 is 1.82 bits per heavy atom. The number of para-hydroxylation sites is 1. The van der Waals surface area contributed by atoms with Crippen molar-refractivity contribution in [2.75, 3.05) is 11.9 Å². The lowest BCUT2D eigenvalue weighted by Crippen LogP contribution is -2.32. The van der Waals surface area contributed by atoms with Crippen molar-refractivity contribution >= 4 is 34.2 Å². The molecule has 2 heterocycles. The lowest BCUT2D eigenvalue weighted by atomic mass is 9.91. The van der Waals surface area contributed by atoms with Gasteiger partial charge in [0.1, 0.15) is 12.4 Å². The summed E-state index contributed by atoms with van der Waals surface area (Å²) >= 11 is 1.05. The summed E-state index contributed by atoms with van der Waals surface area (Å²) < 4.78 is 6.02. The summed E-state index contributed by atoms with van der Waals surface area (Å²) in [6, 6.07) is 16.0. The first-order chi connectivity index (χ1) is 13.4. The number of nitrogens with one attached hydrogen (secondary N) is 2. The number of carbonyl (C=O) groups excluding carboxylic acids is 2. The van der Waals surface area contributed by atoms with Crippen LogP contribution in [0.25, 0.3) is 5.57 Å². The quantitative estimate of drug-likeness (QED) is 0.794. The molecule has 2 aromatic carbocycles. The summed E-state index contributed by atoms with van der Waals surface area (Å²) in [5.74, 6) is 0.563. The molecular weight excluding hydrogens is 372 g/mol. The van der Waals surface area contributed by atoms with Crippen LogP contribution < -0.4 is 15.4 Å². The van der Waals surface area contributed by atoms with Gasteiger partial charge >= 0.3 is 0 Å². The van der Waals surface area contributed by atoms with Crippen molar-refractivity contribution < 1.29 is 14.3 Å². The Kier molecular flexibility index (Phi) is 4.89. The standard InChI is InChI=1S/C22H22N2O3S/c1-22(2)12-15(17-5-3-4-6-18(17)24-22)13-27-16-9-7-14(8-10-16)11-19-20(25)23-21(26)28-19/h3-10,12,19,24H,11,13H2,1-2H3,(H,23,25,26). The third kappa shape index (κ3) is 4.07. The Hall–Kier alpha value is -2.73. The molecule has 5 nitrogen and oxygen atoms in total. The molecule has 0 saturated carbocycles. The molecule has 1 unspecified atom stereocenters. The topological polar surface area (TPSA) is 67.4 Å². The second-order valence-corrected chi connectivity index (χ2v) is 8.76. The maximum Gasteiger partial charge on any atom is 0.286 e. The predicted octanol–water partition coefficient (Wildman–Crippen LogP) is 4.25. The van der Waals surface area contributed by atoms with Gasteiger partial charge in [-0.3, -0.25) is 14.9 Å². The molecular formula is C22H22N2O3S. The number of thioether (sulfide) groups is 1. The fourth-order valence-electron chi connectivity index (χ4n) is 3.51. The Balaban J connectivity index is 1.42. The molecule has 0 aliphatic carbocycles. The van der Waals surface area contributed by atoms with Crippen molar-refractivity contribution in [2.45, 2.75) is 31.1 Å². The van der Waals surface area contributed by atoms with E-state index in [-0.39, 0.29) is 21.9 Å². The first kappa shape index (κ1) is 18.6. The fraction of sp³-hybridized carbons (Fsp3) is 0.273. The number of hydrogen-bond acceptors (Lipinski definition) is 5. The van der Waals surface area contributed by atoms with E-state index >= 15 is 0 Å². The normalized spacial score (nSPS) is 20.1. The molecule has 4 rings (SSSR count). The number of anilines is 1. The Morgan fingerprint density at radius 1 is 1.07 bits per heavy atom. The fourth-order valence-corrected chi connectivity index (χ4v) is 4.37. The molecule has 0 bridgehead atoms. The van der Waals surface area contributed by atoms with Crippen molar-refractivity contribution in [3.05, 3.63) is 65.7 Å². The number of rotatable bonds is 5. The number of amides is 2. The molecule has 0 spiro atoms. The van der Waals surface area contributed by atoms with E-state index in [0.29, 0.717) is 13.0 Å². The minimum Gasteiger partial charge on any atom is -0.489 e. The molecule has 1 atom stereocenters. The average Bonchev–Trinajstić information content (AvgIpc) is 2.97. The summed E-state index contributed by atoms with van der Waals surface area (Å²) in [6.07, 6.45) is 2.73. The van der Waals surface area contributed by atoms with E-state index in [1.54, 1.807) is 0 Å². The lowest BCUT2D eigenvalue weighted by Gasteiger charge is -2.32. The van der Waals surface area contributed by atoms with Gasteiger partial charge in [0.05, 0.1) is 10.8 Å². The van der Waals surface area contributed by atoms with Gasteiger partial charge in [-0.2, -0.15) is 0 Å². The van der Waals surface area contributed by atoms with E-state index < -0.39 is 0 Å². The van der Waals surface area contributed by atoms with Crippen molar-refractivity contribution in [3.63, 3.8) is 0 Å². The Labute approximate surface area is 168 Å². The second kappa shape index (κ2) is 7.36. The van der Waals surface area contributed by atoms with Crippen LogP contribution in [0, 0.1) is 0 Å². The van der Waals surface area contributed by atoms with Crippen molar-refractivity contribution in [2.24, 2.45) is 0 Å². The molecule has 28 heavy (non-hydrogen) atoms. The van der Waals surface area contributed by atoms with Crippen LogP contribution in [0.2, 0.25) is 0 Å². The summed E-state index contributed by atoms with van der Waals surface area (Å²) in [5.41, 5.74) is 4.30. The van der Waals surface area contributed by atoms with Crippen LogP contribution in [-0.4, -0.2) is 28.5 Å². The van der Waals surface area contributed by atoms with E-state index in [4.69, 9.17) is 4.74 Å². The highest BCUT2D eigenvalue weighted by Gasteiger charge is 2.31.